The van der Waals surface area contributed by atoms with Crippen molar-refractivity contribution in [2.75, 3.05) is 0 Å². The number of benzene rings is 4. The fourth-order valence-electron chi connectivity index (χ4n) is 4.97. The van der Waals surface area contributed by atoms with Crippen LogP contribution in [0.5, 0.6) is 0 Å². The van der Waals surface area contributed by atoms with E-state index in [1.807, 2.05) is 12.2 Å². The van der Waals surface area contributed by atoms with Gasteiger partial charge in [-0.25, -0.2) is 12.2 Å². The van der Waals surface area contributed by atoms with Gasteiger partial charge in [-0.2, -0.15) is 35.4 Å². The topological polar surface area (TPSA) is 0 Å². The summed E-state index contributed by atoms with van der Waals surface area (Å²) in [7, 11) is 0. The molecule has 40 heavy (non-hydrogen) atoms. The fourth-order valence-corrected chi connectivity index (χ4v) is 5.79. The Morgan fingerprint density at radius 2 is 1.35 bits per heavy atom. The van der Waals surface area contributed by atoms with Crippen LogP contribution in [0.4, 0.5) is 0 Å². The third-order valence-electron chi connectivity index (χ3n) is 7.23. The minimum absolute atomic E-state index is 0.177. The van der Waals surface area contributed by atoms with Crippen LogP contribution in [0, 0.1) is 12.1 Å². The third kappa shape index (κ3) is 7.64. The van der Waals surface area contributed by atoms with Gasteiger partial charge in [-0.15, -0.1) is 12.0 Å². The van der Waals surface area contributed by atoms with Crippen LogP contribution in [0.1, 0.15) is 81.3 Å². The van der Waals surface area contributed by atoms with E-state index >= 15 is 0 Å². The molecule has 0 bridgehead atoms. The fraction of sp³-hybridized carbons (Fsp3) is 0.256. The summed E-state index contributed by atoms with van der Waals surface area (Å²) in [5, 5.41) is 0. The van der Waals surface area contributed by atoms with E-state index in [1.54, 1.807) is 0 Å². The summed E-state index contributed by atoms with van der Waals surface area (Å²) in [6.45, 7) is 13.7. The average Bonchev–Trinajstić information content (AvgIpc) is 3.64. The van der Waals surface area contributed by atoms with Crippen LogP contribution in [0.2, 0.25) is 0 Å². The van der Waals surface area contributed by atoms with E-state index in [0.717, 1.165) is 12.8 Å². The molecule has 0 N–H and O–H groups in total. The Labute approximate surface area is 257 Å². The van der Waals surface area contributed by atoms with Gasteiger partial charge >= 0.3 is 99.2 Å². The number of hydrogen-bond acceptors (Lipinski definition) is 0. The van der Waals surface area contributed by atoms with Crippen LogP contribution in [-0.4, -0.2) is 3.21 Å². The predicted octanol–water partition coefficient (Wildman–Crippen LogP) is 9.76. The van der Waals surface area contributed by atoms with Gasteiger partial charge in [0.1, 0.15) is 0 Å². The van der Waals surface area contributed by atoms with Crippen molar-refractivity contribution in [3.8, 4) is 11.1 Å². The predicted molar refractivity (Wildman–Crippen MR) is 169 cm³/mol. The first-order chi connectivity index (χ1) is 19.1. The zero-order chi connectivity index (χ0) is 28.8. The second kappa shape index (κ2) is 13.2. The summed E-state index contributed by atoms with van der Waals surface area (Å²) in [6.07, 6.45) is 11.0. The molecule has 0 aliphatic heterocycles. The van der Waals surface area contributed by atoms with Gasteiger partial charge in [0.05, 0.1) is 0 Å². The van der Waals surface area contributed by atoms with Crippen molar-refractivity contribution < 1.29 is 24.2 Å². The Morgan fingerprint density at radius 1 is 0.725 bits per heavy atom. The molecule has 0 spiro atoms. The van der Waals surface area contributed by atoms with Gasteiger partial charge in [0, 0.05) is 0 Å². The van der Waals surface area contributed by atoms with Crippen molar-refractivity contribution in [1.29, 1.82) is 0 Å². The quantitative estimate of drug-likeness (QED) is 0.177. The van der Waals surface area contributed by atoms with Gasteiger partial charge in [-0.1, -0.05) is 70.7 Å². The molecule has 0 saturated heterocycles. The zero-order valence-electron chi connectivity index (χ0n) is 24.8. The van der Waals surface area contributed by atoms with E-state index < -0.39 is 0 Å². The summed E-state index contributed by atoms with van der Waals surface area (Å²) >= 11 is 1.46. The Balaban J connectivity index is 0.000000166. The number of rotatable bonds is 2. The molecule has 0 atom stereocenters. The minimum atomic E-state index is 0.177. The van der Waals surface area contributed by atoms with Crippen LogP contribution >= 0.6 is 0 Å². The van der Waals surface area contributed by atoms with E-state index in [-0.39, 0.29) is 10.8 Å². The Hall–Kier alpha value is -2.89. The summed E-state index contributed by atoms with van der Waals surface area (Å²) in [5.74, 6) is 0. The molecule has 0 nitrogen and oxygen atoms in total. The zero-order valence-corrected chi connectivity index (χ0v) is 27.3. The number of fused-ring (bicyclic) bond motifs is 3. The van der Waals surface area contributed by atoms with Gasteiger partial charge in [0.2, 0.25) is 0 Å². The molecular weight excluding hydrogens is 560 g/mol. The SMILES string of the molecule is CC(C)(C)c1c[c-]c2c(c1)-c1cccc(C(C)(C)C)c1C2.[C-]1=CC=CC1.[Zr+2]=[C](c1ccccc1)c1ccccc1. The monoisotopic (exact) mass is 598 g/mol. The Kier molecular flexibility index (Phi) is 9.91. The molecule has 2 aliphatic rings. The van der Waals surface area contributed by atoms with Crippen molar-refractivity contribution in [3.63, 3.8) is 0 Å². The molecule has 4 aromatic carbocycles. The molecule has 200 valence electrons. The van der Waals surface area contributed by atoms with E-state index in [2.05, 4.69) is 151 Å². The molecule has 0 fully saturated rings. The first-order valence-electron chi connectivity index (χ1n) is 14.1. The summed E-state index contributed by atoms with van der Waals surface area (Å²) in [4.78, 5) is 0. The molecule has 0 heterocycles. The standard InChI is InChI=1S/C21H25.C13H10.C5H5.Zr/c1-20(2,3)15-11-10-14-12-18-16(17(14)13-15)8-7-9-19(18)21(4,5)6;1-3-7-12(8-4-1)11-13-9-5-2-6-10-13;1-2-4-5-3-1;/h7-9,11,13H,12H2,1-6H3;1-10H;1-3H,4H2;/q-1;;-1;+2. The van der Waals surface area contributed by atoms with E-state index in [0.29, 0.717) is 0 Å². The Bertz CT molecular complexity index is 1440. The molecule has 6 rings (SSSR count). The molecule has 0 amide bonds. The molecule has 0 radical (unpaired) electrons. The second-order valence-corrected chi connectivity index (χ2v) is 13.6. The van der Waals surface area contributed by atoms with Crippen molar-refractivity contribution in [3.05, 3.63) is 155 Å². The van der Waals surface area contributed by atoms with Gasteiger partial charge in [-0.3, -0.25) is 6.08 Å². The van der Waals surface area contributed by atoms with Crippen LogP contribution in [0.3, 0.4) is 0 Å². The maximum absolute atomic E-state index is 3.55. The van der Waals surface area contributed by atoms with E-state index in [1.165, 1.54) is 71.9 Å². The van der Waals surface area contributed by atoms with Crippen molar-refractivity contribution in [1.82, 2.24) is 0 Å². The molecule has 4 aromatic rings. The van der Waals surface area contributed by atoms with Crippen LogP contribution in [-0.2, 0) is 41.5 Å². The van der Waals surface area contributed by atoms with Gasteiger partial charge in [0.15, 0.2) is 0 Å². The third-order valence-corrected chi connectivity index (χ3v) is 8.65. The van der Waals surface area contributed by atoms with E-state index in [9.17, 15) is 0 Å². The first kappa shape index (κ1) is 30.1. The van der Waals surface area contributed by atoms with Crippen molar-refractivity contribution in [2.24, 2.45) is 0 Å². The van der Waals surface area contributed by atoms with Gasteiger partial charge < -0.3 is 0 Å². The normalized spacial score (nSPS) is 13.0. The van der Waals surface area contributed by atoms with Crippen molar-refractivity contribution in [2.45, 2.75) is 65.2 Å². The van der Waals surface area contributed by atoms with Crippen LogP contribution in [0.25, 0.3) is 11.1 Å². The first-order valence-corrected chi connectivity index (χ1v) is 15.4. The molecule has 1 heteroatoms. The molecular formula is C39H40Zr. The van der Waals surface area contributed by atoms with Gasteiger partial charge in [0.25, 0.3) is 0 Å². The Morgan fingerprint density at radius 3 is 1.82 bits per heavy atom. The molecule has 2 aliphatic carbocycles. The molecule has 0 aromatic heterocycles. The van der Waals surface area contributed by atoms with Crippen LogP contribution in [0.15, 0.2) is 109 Å². The molecule has 0 saturated carbocycles. The molecule has 0 unspecified atom stereocenters. The maximum atomic E-state index is 3.55. The summed E-state index contributed by atoms with van der Waals surface area (Å²) in [6, 6.07) is 36.0. The number of allylic oxidation sites excluding steroid dienone is 4. The van der Waals surface area contributed by atoms with Crippen LogP contribution < -0.4 is 0 Å². The number of hydrogen-bond donors (Lipinski definition) is 0. The van der Waals surface area contributed by atoms with Crippen molar-refractivity contribution >= 4 is 3.21 Å². The van der Waals surface area contributed by atoms with Gasteiger partial charge in [-0.05, 0) is 23.0 Å². The second-order valence-electron chi connectivity index (χ2n) is 12.4. The summed E-state index contributed by atoms with van der Waals surface area (Å²) < 4.78 is 1.42. The van der Waals surface area contributed by atoms with E-state index in [4.69, 9.17) is 0 Å². The summed E-state index contributed by atoms with van der Waals surface area (Å²) in [5.41, 5.74) is 11.5. The average molecular weight is 600 g/mol.